The third-order valence-corrected chi connectivity index (χ3v) is 7.44. The number of carbonyl (C=O) groups excluding carboxylic acids is 1. The van der Waals surface area contributed by atoms with E-state index in [-0.39, 0.29) is 5.56 Å². The molecule has 5 rings (SSSR count). The number of carbonyl (C=O) groups is 1. The molecule has 3 aromatic carbocycles. The molecule has 2 aliphatic rings. The summed E-state index contributed by atoms with van der Waals surface area (Å²) in [5.41, 5.74) is -1.90. The molecule has 0 unspecified atom stereocenters. The Hall–Kier alpha value is -3.92. The van der Waals surface area contributed by atoms with E-state index >= 15 is 0 Å². The SMILES string of the molecule is COc1ccc2cc1Oc1ccc(c(OC)c1OC)CCCC[C@@H](OC(=O)[C@](OC)(c1ccccc1)C(F)(F)F)CC2. The van der Waals surface area contributed by atoms with E-state index in [4.69, 9.17) is 28.4 Å². The molecular formula is C32H35F3O7. The van der Waals surface area contributed by atoms with E-state index in [0.717, 1.165) is 18.2 Å². The van der Waals surface area contributed by atoms with Crippen LogP contribution in [0.2, 0.25) is 0 Å². The molecule has 2 heterocycles. The highest BCUT2D eigenvalue weighted by Crippen LogP contribution is 2.45. The molecule has 2 aliphatic heterocycles. The topological polar surface area (TPSA) is 72.5 Å². The summed E-state index contributed by atoms with van der Waals surface area (Å²) in [6.45, 7) is 0. The fraction of sp³-hybridized carbons (Fsp3) is 0.406. The monoisotopic (exact) mass is 588 g/mol. The van der Waals surface area contributed by atoms with Crippen molar-refractivity contribution >= 4 is 5.97 Å². The number of fused-ring (bicyclic) bond motifs is 8. The van der Waals surface area contributed by atoms with Crippen LogP contribution in [0.4, 0.5) is 13.2 Å². The van der Waals surface area contributed by atoms with Gasteiger partial charge in [-0.3, -0.25) is 0 Å². The third-order valence-electron chi connectivity index (χ3n) is 7.44. The largest absolute Gasteiger partial charge is 0.493 e. The summed E-state index contributed by atoms with van der Waals surface area (Å²) in [7, 11) is 5.47. The van der Waals surface area contributed by atoms with Gasteiger partial charge in [0.2, 0.25) is 5.75 Å². The van der Waals surface area contributed by atoms with E-state index in [2.05, 4.69) is 0 Å². The molecule has 0 aliphatic carbocycles. The van der Waals surface area contributed by atoms with Gasteiger partial charge in [-0.15, -0.1) is 0 Å². The first kappa shape index (κ1) is 31.0. The number of esters is 1. The molecule has 2 atom stereocenters. The van der Waals surface area contributed by atoms with E-state index in [1.54, 1.807) is 31.4 Å². The number of halogens is 3. The van der Waals surface area contributed by atoms with Crippen LogP contribution in [0.5, 0.6) is 28.7 Å². The maximum Gasteiger partial charge on any atom is 0.432 e. The van der Waals surface area contributed by atoms with E-state index in [9.17, 15) is 18.0 Å². The Labute approximate surface area is 243 Å². The predicted octanol–water partition coefficient (Wildman–Crippen LogP) is 7.18. The lowest BCUT2D eigenvalue weighted by molar-refractivity contribution is -0.278. The summed E-state index contributed by atoms with van der Waals surface area (Å²) in [5, 5.41) is 0. The summed E-state index contributed by atoms with van der Waals surface area (Å²) in [5.74, 6) is 0.820. The molecule has 0 fully saturated rings. The van der Waals surface area contributed by atoms with Crippen LogP contribution >= 0.6 is 0 Å². The first-order chi connectivity index (χ1) is 20.2. The summed E-state index contributed by atoms with van der Waals surface area (Å²) in [6.07, 6.45) is -2.93. The Bertz CT molecular complexity index is 1360. The molecule has 7 nitrogen and oxygen atoms in total. The first-order valence-corrected chi connectivity index (χ1v) is 13.7. The minimum Gasteiger partial charge on any atom is -0.493 e. The van der Waals surface area contributed by atoms with Crippen LogP contribution in [0.15, 0.2) is 60.7 Å². The molecule has 0 amide bonds. The molecule has 0 saturated carbocycles. The van der Waals surface area contributed by atoms with E-state index in [1.165, 1.54) is 38.5 Å². The number of hydrogen-bond donors (Lipinski definition) is 0. The van der Waals surface area contributed by atoms with Gasteiger partial charge in [0.1, 0.15) is 6.10 Å². The summed E-state index contributed by atoms with van der Waals surface area (Å²) in [6, 6.07) is 15.9. The molecule has 4 bridgehead atoms. The van der Waals surface area contributed by atoms with Gasteiger partial charge in [0.25, 0.3) is 5.60 Å². The number of rotatable bonds is 7. The van der Waals surface area contributed by atoms with Crippen LogP contribution < -0.4 is 18.9 Å². The number of hydrogen-bond acceptors (Lipinski definition) is 7. The smallest absolute Gasteiger partial charge is 0.432 e. The second kappa shape index (κ2) is 13.4. The Morgan fingerprint density at radius 1 is 0.810 bits per heavy atom. The second-order valence-corrected chi connectivity index (χ2v) is 9.94. The number of alkyl halides is 3. The van der Waals surface area contributed by atoms with Gasteiger partial charge in [0.15, 0.2) is 23.0 Å². The molecule has 3 aromatic rings. The highest BCUT2D eigenvalue weighted by molar-refractivity contribution is 5.82. The molecule has 0 saturated heterocycles. The van der Waals surface area contributed by atoms with Crippen LogP contribution in [0.25, 0.3) is 0 Å². The Balaban J connectivity index is 1.68. The molecule has 226 valence electrons. The van der Waals surface area contributed by atoms with Crippen LogP contribution in [-0.2, 0) is 32.7 Å². The average molecular weight is 589 g/mol. The predicted molar refractivity (Wildman–Crippen MR) is 150 cm³/mol. The zero-order valence-electron chi connectivity index (χ0n) is 24.1. The van der Waals surface area contributed by atoms with Gasteiger partial charge < -0.3 is 28.4 Å². The van der Waals surface area contributed by atoms with E-state index < -0.39 is 23.9 Å². The highest BCUT2D eigenvalue weighted by Gasteiger charge is 2.64. The number of aryl methyl sites for hydroxylation is 2. The Kier molecular flexibility index (Phi) is 9.88. The zero-order chi connectivity index (χ0) is 30.3. The average Bonchev–Trinajstić information content (AvgIpc) is 2.98. The maximum absolute atomic E-state index is 14.5. The summed E-state index contributed by atoms with van der Waals surface area (Å²) >= 11 is 0. The van der Waals surface area contributed by atoms with Crippen molar-refractivity contribution in [1.29, 1.82) is 0 Å². The molecule has 0 spiro atoms. The van der Waals surface area contributed by atoms with Crippen molar-refractivity contribution in [1.82, 2.24) is 0 Å². The number of ether oxygens (including phenoxy) is 6. The van der Waals surface area contributed by atoms with Crippen LogP contribution in [0, 0.1) is 0 Å². The van der Waals surface area contributed by atoms with Crippen molar-refractivity contribution in [2.24, 2.45) is 0 Å². The van der Waals surface area contributed by atoms with Crippen molar-refractivity contribution < 1.29 is 46.4 Å². The Morgan fingerprint density at radius 2 is 1.55 bits per heavy atom. The molecule has 0 radical (unpaired) electrons. The third kappa shape index (κ3) is 6.28. The first-order valence-electron chi connectivity index (χ1n) is 13.7. The number of benzene rings is 3. The van der Waals surface area contributed by atoms with Crippen molar-refractivity contribution in [3.63, 3.8) is 0 Å². The minimum atomic E-state index is -5.05. The highest BCUT2D eigenvalue weighted by atomic mass is 19.4. The van der Waals surface area contributed by atoms with Crippen molar-refractivity contribution in [3.8, 4) is 28.7 Å². The van der Waals surface area contributed by atoms with Crippen LogP contribution in [0.1, 0.15) is 42.4 Å². The maximum atomic E-state index is 14.5. The minimum absolute atomic E-state index is 0.292. The molecule has 42 heavy (non-hydrogen) atoms. The van der Waals surface area contributed by atoms with Gasteiger partial charge in [-0.2, -0.15) is 13.2 Å². The lowest BCUT2D eigenvalue weighted by Crippen LogP contribution is -2.52. The van der Waals surface area contributed by atoms with Crippen molar-refractivity contribution in [2.75, 3.05) is 28.4 Å². The number of methoxy groups -OCH3 is 4. The zero-order valence-corrected chi connectivity index (χ0v) is 24.1. The lowest BCUT2D eigenvalue weighted by atomic mass is 9.92. The molecule has 0 aromatic heterocycles. The van der Waals surface area contributed by atoms with Gasteiger partial charge in [-0.25, -0.2) is 4.79 Å². The van der Waals surface area contributed by atoms with Gasteiger partial charge >= 0.3 is 12.1 Å². The fourth-order valence-electron chi connectivity index (χ4n) is 5.25. The summed E-state index contributed by atoms with van der Waals surface area (Å²) < 4.78 is 77.1. The molecule has 10 heteroatoms. The van der Waals surface area contributed by atoms with Gasteiger partial charge in [0, 0.05) is 12.7 Å². The Morgan fingerprint density at radius 3 is 2.19 bits per heavy atom. The van der Waals surface area contributed by atoms with Crippen LogP contribution in [-0.4, -0.2) is 46.7 Å². The van der Waals surface area contributed by atoms with E-state index in [1.807, 2.05) is 12.1 Å². The normalized spacial score (nSPS) is 17.2. The van der Waals surface area contributed by atoms with Gasteiger partial charge in [-0.1, -0.05) is 42.5 Å². The van der Waals surface area contributed by atoms with E-state index in [0.29, 0.717) is 67.3 Å². The quantitative estimate of drug-likeness (QED) is 0.271. The second-order valence-electron chi connectivity index (χ2n) is 9.94. The molecule has 0 N–H and O–H groups in total. The van der Waals surface area contributed by atoms with Crippen molar-refractivity contribution in [3.05, 3.63) is 77.4 Å². The molecular weight excluding hydrogens is 553 g/mol. The van der Waals surface area contributed by atoms with Gasteiger partial charge in [-0.05, 0) is 67.9 Å². The fourth-order valence-corrected chi connectivity index (χ4v) is 5.25. The lowest BCUT2D eigenvalue weighted by Gasteiger charge is -2.34. The van der Waals surface area contributed by atoms with Gasteiger partial charge in [0.05, 0.1) is 21.3 Å². The summed E-state index contributed by atoms with van der Waals surface area (Å²) in [4.78, 5) is 13.4. The van der Waals surface area contributed by atoms with Crippen molar-refractivity contribution in [2.45, 2.75) is 56.4 Å². The standard InChI is InChI=1S/C32H35F3O7/c1-37-25-18-15-21-14-17-24(41-30(36)31(40-4,32(33,34)35)23-11-6-5-7-12-23)13-9-8-10-22-16-19-26(42-27(25)20-21)29(39-3)28(22)38-2/h5-7,11-12,15-16,18-20,24H,8-10,13-14,17H2,1-4H3/t24-,31-/m1/s1. The van der Waals surface area contributed by atoms with Crippen LogP contribution in [0.3, 0.4) is 0 Å².